The molecule has 1 aromatic rings. The Kier molecular flexibility index (Phi) is 5.10. The summed E-state index contributed by atoms with van der Waals surface area (Å²) in [5, 5.41) is 0. The van der Waals surface area contributed by atoms with E-state index >= 15 is 0 Å². The van der Waals surface area contributed by atoms with Gasteiger partial charge in [-0.25, -0.2) is 0 Å². The molecule has 3 nitrogen and oxygen atoms in total. The molecule has 1 aromatic carbocycles. The number of benzene rings is 1. The SMILES string of the molecule is CCC(C(=O)N(C)Cc1ccccc1)C(N)=S. The number of carbonyl (C=O) groups is 1. The van der Waals surface area contributed by atoms with Gasteiger partial charge in [0.2, 0.25) is 5.91 Å². The van der Waals surface area contributed by atoms with Gasteiger partial charge in [-0.05, 0) is 12.0 Å². The first kappa shape index (κ1) is 13.6. The summed E-state index contributed by atoms with van der Waals surface area (Å²) in [6, 6.07) is 9.85. The van der Waals surface area contributed by atoms with E-state index < -0.39 is 0 Å². The number of hydrogen-bond acceptors (Lipinski definition) is 2. The highest BCUT2D eigenvalue weighted by Crippen LogP contribution is 2.10. The minimum Gasteiger partial charge on any atom is -0.393 e. The fourth-order valence-corrected chi connectivity index (χ4v) is 1.97. The van der Waals surface area contributed by atoms with E-state index in [1.165, 1.54) is 0 Å². The summed E-state index contributed by atoms with van der Waals surface area (Å²) in [5.41, 5.74) is 6.66. The smallest absolute Gasteiger partial charge is 0.232 e. The predicted octanol–water partition coefficient (Wildman–Crippen LogP) is 1.96. The number of carbonyl (C=O) groups excluding carboxylic acids is 1. The zero-order valence-electron chi connectivity index (χ0n) is 10.2. The Labute approximate surface area is 108 Å². The van der Waals surface area contributed by atoms with Gasteiger partial charge in [-0.1, -0.05) is 49.5 Å². The Morgan fingerprint density at radius 2 is 2.00 bits per heavy atom. The Morgan fingerprint density at radius 3 is 2.47 bits per heavy atom. The van der Waals surface area contributed by atoms with Crippen LogP contribution in [0, 0.1) is 5.92 Å². The van der Waals surface area contributed by atoms with Crippen LogP contribution in [0.4, 0.5) is 0 Å². The first-order valence-corrected chi connectivity index (χ1v) is 6.05. The second-order valence-electron chi connectivity index (χ2n) is 4.04. The largest absolute Gasteiger partial charge is 0.393 e. The molecule has 0 spiro atoms. The van der Waals surface area contributed by atoms with E-state index in [1.807, 2.05) is 37.3 Å². The van der Waals surface area contributed by atoms with E-state index in [0.29, 0.717) is 13.0 Å². The lowest BCUT2D eigenvalue weighted by Gasteiger charge is -2.22. The van der Waals surface area contributed by atoms with Crippen LogP contribution >= 0.6 is 12.2 Å². The molecule has 92 valence electrons. The maximum Gasteiger partial charge on any atom is 0.232 e. The number of nitrogens with two attached hydrogens (primary N) is 1. The summed E-state index contributed by atoms with van der Waals surface area (Å²) in [7, 11) is 1.77. The van der Waals surface area contributed by atoms with E-state index in [1.54, 1.807) is 11.9 Å². The van der Waals surface area contributed by atoms with Crippen LogP contribution in [-0.4, -0.2) is 22.8 Å². The third-order valence-electron chi connectivity index (χ3n) is 2.69. The standard InChI is InChI=1S/C13H18N2OS/c1-3-11(12(14)17)13(16)15(2)9-10-7-5-4-6-8-10/h4-8,11H,3,9H2,1-2H3,(H2,14,17). The molecule has 1 rings (SSSR count). The Bertz CT molecular complexity index is 392. The second-order valence-corrected chi connectivity index (χ2v) is 4.51. The van der Waals surface area contributed by atoms with Crippen LogP contribution in [0.5, 0.6) is 0 Å². The molecule has 1 atom stereocenters. The van der Waals surface area contributed by atoms with E-state index in [-0.39, 0.29) is 16.8 Å². The molecule has 0 aliphatic carbocycles. The van der Waals surface area contributed by atoms with Crippen LogP contribution in [0.25, 0.3) is 0 Å². The van der Waals surface area contributed by atoms with Gasteiger partial charge in [-0.3, -0.25) is 4.79 Å². The Morgan fingerprint density at radius 1 is 1.41 bits per heavy atom. The van der Waals surface area contributed by atoms with Crippen molar-refractivity contribution in [2.24, 2.45) is 11.7 Å². The summed E-state index contributed by atoms with van der Waals surface area (Å²) >= 11 is 4.91. The second kappa shape index (κ2) is 6.35. The average Bonchev–Trinajstić information content (AvgIpc) is 2.30. The van der Waals surface area contributed by atoms with Crippen LogP contribution < -0.4 is 5.73 Å². The zero-order valence-corrected chi connectivity index (χ0v) is 11.0. The van der Waals surface area contributed by atoms with Crippen LogP contribution in [0.15, 0.2) is 30.3 Å². The first-order valence-electron chi connectivity index (χ1n) is 5.64. The van der Waals surface area contributed by atoms with E-state index in [9.17, 15) is 4.79 Å². The van der Waals surface area contributed by atoms with Crippen LogP contribution in [-0.2, 0) is 11.3 Å². The monoisotopic (exact) mass is 250 g/mol. The van der Waals surface area contributed by atoms with E-state index in [0.717, 1.165) is 5.56 Å². The van der Waals surface area contributed by atoms with Gasteiger partial charge < -0.3 is 10.6 Å². The van der Waals surface area contributed by atoms with Gasteiger partial charge in [-0.2, -0.15) is 0 Å². The molecule has 0 aliphatic heterocycles. The van der Waals surface area contributed by atoms with Crippen molar-refractivity contribution in [2.75, 3.05) is 7.05 Å². The van der Waals surface area contributed by atoms with Gasteiger partial charge in [0.1, 0.15) is 0 Å². The van der Waals surface area contributed by atoms with E-state index in [4.69, 9.17) is 18.0 Å². The normalized spacial score (nSPS) is 11.9. The maximum atomic E-state index is 12.1. The molecule has 0 aromatic heterocycles. The number of rotatable bonds is 5. The summed E-state index contributed by atoms with van der Waals surface area (Å²) in [6.07, 6.45) is 0.646. The fourth-order valence-electron chi connectivity index (χ4n) is 1.70. The molecule has 0 heterocycles. The molecule has 0 radical (unpaired) electrons. The number of nitrogens with zero attached hydrogens (tertiary/aromatic N) is 1. The van der Waals surface area contributed by atoms with Crippen molar-refractivity contribution in [2.45, 2.75) is 19.9 Å². The molecule has 2 N–H and O–H groups in total. The molecule has 4 heteroatoms. The molecular weight excluding hydrogens is 232 g/mol. The number of thiocarbonyl (C=S) groups is 1. The number of amides is 1. The van der Waals surface area contributed by atoms with Gasteiger partial charge >= 0.3 is 0 Å². The number of hydrogen-bond donors (Lipinski definition) is 1. The maximum absolute atomic E-state index is 12.1. The minimum atomic E-state index is -0.348. The molecule has 0 saturated carbocycles. The Hall–Kier alpha value is -1.42. The van der Waals surface area contributed by atoms with Crippen molar-refractivity contribution in [1.29, 1.82) is 0 Å². The molecule has 17 heavy (non-hydrogen) atoms. The third kappa shape index (κ3) is 3.82. The molecule has 0 fully saturated rings. The van der Waals surface area contributed by atoms with Gasteiger partial charge in [-0.15, -0.1) is 0 Å². The highest BCUT2D eigenvalue weighted by Gasteiger charge is 2.22. The van der Waals surface area contributed by atoms with Crippen LogP contribution in [0.3, 0.4) is 0 Å². The summed E-state index contributed by atoms with van der Waals surface area (Å²) in [6.45, 7) is 2.50. The summed E-state index contributed by atoms with van der Waals surface area (Å²) < 4.78 is 0. The molecule has 1 unspecified atom stereocenters. The van der Waals surface area contributed by atoms with Gasteiger partial charge in [0.15, 0.2) is 0 Å². The fraction of sp³-hybridized carbons (Fsp3) is 0.385. The zero-order chi connectivity index (χ0) is 12.8. The van der Waals surface area contributed by atoms with Crippen LogP contribution in [0.2, 0.25) is 0 Å². The predicted molar refractivity (Wildman–Crippen MR) is 73.5 cm³/mol. The minimum absolute atomic E-state index is 0.0103. The molecular formula is C13H18N2OS. The van der Waals surface area contributed by atoms with Gasteiger partial charge in [0.25, 0.3) is 0 Å². The topological polar surface area (TPSA) is 46.3 Å². The van der Waals surface area contributed by atoms with E-state index in [2.05, 4.69) is 0 Å². The van der Waals surface area contributed by atoms with Crippen molar-refractivity contribution in [3.05, 3.63) is 35.9 Å². The Balaban J connectivity index is 2.67. The van der Waals surface area contributed by atoms with Crippen molar-refractivity contribution in [3.63, 3.8) is 0 Å². The molecule has 1 amide bonds. The van der Waals surface area contributed by atoms with Crippen molar-refractivity contribution in [3.8, 4) is 0 Å². The average molecular weight is 250 g/mol. The lowest BCUT2D eigenvalue weighted by atomic mass is 10.1. The highest BCUT2D eigenvalue weighted by atomic mass is 32.1. The quantitative estimate of drug-likeness (QED) is 0.813. The van der Waals surface area contributed by atoms with Crippen molar-refractivity contribution >= 4 is 23.1 Å². The lowest BCUT2D eigenvalue weighted by Crippen LogP contribution is -2.38. The molecule has 0 aliphatic rings. The van der Waals surface area contributed by atoms with Crippen molar-refractivity contribution < 1.29 is 4.79 Å². The third-order valence-corrected chi connectivity index (χ3v) is 2.97. The van der Waals surface area contributed by atoms with Gasteiger partial charge in [0.05, 0.1) is 10.9 Å². The van der Waals surface area contributed by atoms with Gasteiger partial charge in [0, 0.05) is 13.6 Å². The molecule has 0 bridgehead atoms. The highest BCUT2D eigenvalue weighted by molar-refractivity contribution is 7.80. The summed E-state index contributed by atoms with van der Waals surface area (Å²) in [5.74, 6) is -0.359. The van der Waals surface area contributed by atoms with Crippen molar-refractivity contribution in [1.82, 2.24) is 4.90 Å². The molecule has 0 saturated heterocycles. The van der Waals surface area contributed by atoms with Crippen LogP contribution in [0.1, 0.15) is 18.9 Å². The first-order chi connectivity index (χ1) is 8.06. The lowest BCUT2D eigenvalue weighted by molar-refractivity contribution is -0.132. The summed E-state index contributed by atoms with van der Waals surface area (Å²) in [4.78, 5) is 14.0.